The maximum absolute atomic E-state index is 13.7. The summed E-state index contributed by atoms with van der Waals surface area (Å²) in [7, 11) is 0. The Balaban J connectivity index is 1.64. The molecule has 0 amide bonds. The van der Waals surface area contributed by atoms with Crippen molar-refractivity contribution in [2.45, 2.75) is 70.4 Å². The predicted molar refractivity (Wildman–Crippen MR) is 110 cm³/mol. The molecule has 4 fully saturated rings. The van der Waals surface area contributed by atoms with Crippen LogP contribution in [0, 0.1) is 22.7 Å². The second kappa shape index (κ2) is 7.56. The Morgan fingerprint density at radius 1 is 1.21 bits per heavy atom. The smallest absolute Gasteiger partial charge is 0.313 e. The van der Waals surface area contributed by atoms with E-state index >= 15 is 0 Å². The molecule has 0 radical (unpaired) electrons. The highest BCUT2D eigenvalue weighted by Crippen LogP contribution is 2.71. The average Bonchev–Trinajstić information content (AvgIpc) is 3.16. The molecule has 0 aromatic carbocycles. The average molecular weight is 462 g/mol. The topological polar surface area (TPSA) is 125 Å². The number of aliphatic hydroxyl groups is 1. The van der Waals surface area contributed by atoms with Gasteiger partial charge in [-0.3, -0.25) is 14.4 Å². The third kappa shape index (κ3) is 3.15. The first-order valence-electron chi connectivity index (χ1n) is 11.5. The molecule has 2 saturated heterocycles. The van der Waals surface area contributed by atoms with E-state index in [1.54, 1.807) is 12.3 Å². The standard InChI is InChI=1S/C24H30O9/c1-13-6-20(32-15(3)26)24(12-30-14(2)25)19(7-17(27)8-22(24)11-31-22)23(13)9-18(33-21(23)28)16-4-5-29-10-16/h4-5,10,13,17-20,27H,6-9,11-12H2,1-3H3. The van der Waals surface area contributed by atoms with Crippen LogP contribution < -0.4 is 0 Å². The van der Waals surface area contributed by atoms with E-state index in [9.17, 15) is 19.5 Å². The van der Waals surface area contributed by atoms with E-state index in [0.717, 1.165) is 5.56 Å². The van der Waals surface area contributed by atoms with E-state index < -0.39 is 52.6 Å². The van der Waals surface area contributed by atoms with E-state index in [-0.39, 0.29) is 18.5 Å². The van der Waals surface area contributed by atoms with Crippen LogP contribution in [0.2, 0.25) is 0 Å². The van der Waals surface area contributed by atoms with Crippen LogP contribution in [0.15, 0.2) is 23.0 Å². The molecule has 1 N–H and O–H groups in total. The molecule has 5 rings (SSSR count). The van der Waals surface area contributed by atoms with Crippen molar-refractivity contribution in [3.8, 4) is 0 Å². The van der Waals surface area contributed by atoms with Crippen LogP contribution >= 0.6 is 0 Å². The molecule has 0 bridgehead atoms. The molecule has 2 aliphatic carbocycles. The maximum Gasteiger partial charge on any atom is 0.313 e. The van der Waals surface area contributed by atoms with Crippen LogP contribution in [-0.4, -0.2) is 54.0 Å². The number of furan rings is 1. The Labute approximate surface area is 191 Å². The zero-order valence-electron chi connectivity index (χ0n) is 19.1. The number of carbonyl (C=O) groups excluding carboxylic acids is 3. The summed E-state index contributed by atoms with van der Waals surface area (Å²) in [5.41, 5.74) is -2.00. The molecule has 33 heavy (non-hydrogen) atoms. The summed E-state index contributed by atoms with van der Waals surface area (Å²) < 4.78 is 28.5. The summed E-state index contributed by atoms with van der Waals surface area (Å²) in [5, 5.41) is 10.9. The van der Waals surface area contributed by atoms with Crippen molar-refractivity contribution in [1.82, 2.24) is 0 Å². The van der Waals surface area contributed by atoms with E-state index in [1.165, 1.54) is 20.1 Å². The van der Waals surface area contributed by atoms with Crippen LogP contribution in [0.4, 0.5) is 0 Å². The lowest BCUT2D eigenvalue weighted by molar-refractivity contribution is -0.238. The minimum absolute atomic E-state index is 0.0597. The predicted octanol–water partition coefficient (Wildman–Crippen LogP) is 2.31. The minimum atomic E-state index is -0.972. The molecule has 8 unspecified atom stereocenters. The molecule has 4 aliphatic rings. The van der Waals surface area contributed by atoms with Crippen LogP contribution in [0.3, 0.4) is 0 Å². The number of aliphatic hydroxyl groups excluding tert-OH is 1. The summed E-state index contributed by atoms with van der Waals surface area (Å²) >= 11 is 0. The van der Waals surface area contributed by atoms with Crippen LogP contribution in [-0.2, 0) is 33.3 Å². The zero-order chi connectivity index (χ0) is 23.6. The van der Waals surface area contributed by atoms with Crippen LogP contribution in [0.5, 0.6) is 0 Å². The van der Waals surface area contributed by atoms with Crippen molar-refractivity contribution in [3.05, 3.63) is 24.2 Å². The number of carbonyl (C=O) groups is 3. The SMILES string of the molecule is CC(=O)OCC12C(OC(C)=O)CC(C)C3(CC(c4ccoc4)OC3=O)C1CC(O)CC21CO1. The third-order valence-corrected chi connectivity index (χ3v) is 8.57. The summed E-state index contributed by atoms with van der Waals surface area (Å²) in [4.78, 5) is 37.7. The molecule has 3 heterocycles. The van der Waals surface area contributed by atoms with Crippen molar-refractivity contribution in [2.75, 3.05) is 13.2 Å². The molecule has 9 nitrogen and oxygen atoms in total. The first-order valence-corrected chi connectivity index (χ1v) is 11.5. The lowest BCUT2D eigenvalue weighted by atomic mass is 9.42. The van der Waals surface area contributed by atoms with Crippen molar-refractivity contribution in [2.24, 2.45) is 22.7 Å². The number of hydrogen-bond donors (Lipinski definition) is 1. The third-order valence-electron chi connectivity index (χ3n) is 8.57. The fourth-order valence-electron chi connectivity index (χ4n) is 7.10. The van der Waals surface area contributed by atoms with Gasteiger partial charge in [0.2, 0.25) is 0 Å². The first-order chi connectivity index (χ1) is 15.6. The highest BCUT2D eigenvalue weighted by atomic mass is 16.6. The van der Waals surface area contributed by atoms with Gasteiger partial charge in [0, 0.05) is 32.3 Å². The fraction of sp³-hybridized carbons (Fsp3) is 0.708. The van der Waals surface area contributed by atoms with E-state index in [2.05, 4.69) is 0 Å². The normalized spacial score (nSPS) is 43.8. The molecule has 2 spiro atoms. The quantitative estimate of drug-likeness (QED) is 0.408. The number of cyclic esters (lactones) is 1. The lowest BCUT2D eigenvalue weighted by Crippen LogP contribution is -2.70. The van der Waals surface area contributed by atoms with Gasteiger partial charge in [-0.15, -0.1) is 0 Å². The number of esters is 3. The maximum atomic E-state index is 13.7. The van der Waals surface area contributed by atoms with Gasteiger partial charge in [0.1, 0.15) is 24.4 Å². The Kier molecular flexibility index (Phi) is 5.13. The van der Waals surface area contributed by atoms with Gasteiger partial charge >= 0.3 is 17.9 Å². The van der Waals surface area contributed by atoms with Crippen molar-refractivity contribution in [3.63, 3.8) is 0 Å². The molecule has 2 aliphatic heterocycles. The second-order valence-electron chi connectivity index (χ2n) is 10.2. The van der Waals surface area contributed by atoms with E-state index in [1.807, 2.05) is 6.92 Å². The highest BCUT2D eigenvalue weighted by Gasteiger charge is 2.79. The van der Waals surface area contributed by atoms with Crippen molar-refractivity contribution >= 4 is 17.9 Å². The molecular weight excluding hydrogens is 432 g/mol. The summed E-state index contributed by atoms with van der Waals surface area (Å²) in [6.45, 7) is 4.91. The van der Waals surface area contributed by atoms with Crippen LogP contribution in [0.1, 0.15) is 58.1 Å². The van der Waals surface area contributed by atoms with Crippen LogP contribution in [0.25, 0.3) is 0 Å². The van der Waals surface area contributed by atoms with Gasteiger partial charge in [-0.25, -0.2) is 0 Å². The first kappa shape index (κ1) is 22.4. The number of fused-ring (bicyclic) bond motifs is 3. The second-order valence-corrected chi connectivity index (χ2v) is 10.2. The summed E-state index contributed by atoms with van der Waals surface area (Å²) in [5.74, 6) is -1.94. The molecule has 1 aromatic heterocycles. The van der Waals surface area contributed by atoms with Gasteiger partial charge < -0.3 is 28.5 Å². The number of ether oxygens (including phenoxy) is 4. The molecule has 180 valence electrons. The Bertz CT molecular complexity index is 951. The lowest BCUT2D eigenvalue weighted by Gasteiger charge is -2.61. The van der Waals surface area contributed by atoms with Crippen molar-refractivity contribution < 1.29 is 42.9 Å². The fourth-order valence-corrected chi connectivity index (χ4v) is 7.10. The summed E-state index contributed by atoms with van der Waals surface area (Å²) in [6, 6.07) is 1.78. The van der Waals surface area contributed by atoms with Gasteiger partial charge in [0.05, 0.1) is 36.1 Å². The zero-order valence-corrected chi connectivity index (χ0v) is 19.1. The van der Waals surface area contributed by atoms with E-state index in [4.69, 9.17) is 23.4 Å². The van der Waals surface area contributed by atoms with Gasteiger partial charge in [-0.05, 0) is 30.7 Å². The largest absolute Gasteiger partial charge is 0.472 e. The Hall–Kier alpha value is -2.39. The Morgan fingerprint density at radius 2 is 1.97 bits per heavy atom. The minimum Gasteiger partial charge on any atom is -0.472 e. The number of epoxide rings is 1. The number of hydrogen-bond acceptors (Lipinski definition) is 9. The number of rotatable bonds is 4. The van der Waals surface area contributed by atoms with Gasteiger partial charge in [0.25, 0.3) is 0 Å². The molecule has 8 atom stereocenters. The Morgan fingerprint density at radius 3 is 2.58 bits per heavy atom. The molecule has 2 saturated carbocycles. The molecule has 9 heteroatoms. The van der Waals surface area contributed by atoms with Gasteiger partial charge in [-0.2, -0.15) is 0 Å². The van der Waals surface area contributed by atoms with Crippen molar-refractivity contribution in [1.29, 1.82) is 0 Å². The summed E-state index contributed by atoms with van der Waals surface area (Å²) in [6.07, 6.45) is 2.71. The highest BCUT2D eigenvalue weighted by molar-refractivity contribution is 5.81. The van der Waals surface area contributed by atoms with Gasteiger partial charge in [-0.1, -0.05) is 6.92 Å². The molecular formula is C24H30O9. The monoisotopic (exact) mass is 462 g/mol. The van der Waals surface area contributed by atoms with E-state index in [0.29, 0.717) is 32.3 Å². The van der Waals surface area contributed by atoms with Gasteiger partial charge in [0.15, 0.2) is 0 Å². The molecule has 1 aromatic rings.